The van der Waals surface area contributed by atoms with Gasteiger partial charge >= 0.3 is 0 Å². The molecule has 0 atom stereocenters. The summed E-state index contributed by atoms with van der Waals surface area (Å²) in [6.45, 7) is 5.63. The molecule has 24 heavy (non-hydrogen) atoms. The summed E-state index contributed by atoms with van der Waals surface area (Å²) < 4.78 is 8.06. The molecule has 2 aromatic rings. The highest BCUT2D eigenvalue weighted by Gasteiger charge is 2.22. The molecule has 0 fully saturated rings. The molecular formula is C17H20BrN3O3. The quantitative estimate of drug-likeness (QED) is 0.818. The van der Waals surface area contributed by atoms with E-state index in [2.05, 4.69) is 26.3 Å². The molecule has 0 bridgehead atoms. The first-order valence-electron chi connectivity index (χ1n) is 7.49. The maximum atomic E-state index is 12.0. The minimum absolute atomic E-state index is 0.00934. The maximum Gasteiger partial charge on any atom is 0.272 e. The van der Waals surface area contributed by atoms with E-state index in [9.17, 15) is 9.59 Å². The second-order valence-corrected chi connectivity index (χ2v) is 7.24. The summed E-state index contributed by atoms with van der Waals surface area (Å²) in [5, 5.41) is 6.73. The highest BCUT2D eigenvalue weighted by molar-refractivity contribution is 9.10. The number of ketones is 1. The average molecular weight is 394 g/mol. The van der Waals surface area contributed by atoms with Gasteiger partial charge in [0.15, 0.2) is 12.5 Å². The summed E-state index contributed by atoms with van der Waals surface area (Å²) in [6.07, 6.45) is 1.65. The first-order valence-corrected chi connectivity index (χ1v) is 8.28. The lowest BCUT2D eigenvalue weighted by molar-refractivity contribution is -0.125. The fraction of sp³-hybridized carbons (Fsp3) is 0.353. The lowest BCUT2D eigenvalue weighted by Gasteiger charge is -2.16. The summed E-state index contributed by atoms with van der Waals surface area (Å²) in [7, 11) is 0. The molecule has 1 aromatic heterocycles. The Bertz CT molecular complexity index is 717. The molecule has 1 aromatic carbocycles. The minimum Gasteiger partial charge on any atom is -0.471 e. The molecule has 2 rings (SSSR count). The van der Waals surface area contributed by atoms with Crippen molar-refractivity contribution in [2.24, 2.45) is 5.41 Å². The number of aromatic nitrogens is 2. The summed E-state index contributed by atoms with van der Waals surface area (Å²) >= 11 is 3.36. The number of nitrogens with zero attached hydrogens (tertiary/aromatic N) is 2. The van der Waals surface area contributed by atoms with E-state index in [4.69, 9.17) is 4.74 Å². The maximum absolute atomic E-state index is 12.0. The van der Waals surface area contributed by atoms with Crippen LogP contribution in [-0.4, -0.2) is 28.0 Å². The lowest BCUT2D eigenvalue weighted by atomic mass is 9.91. The van der Waals surface area contributed by atoms with Gasteiger partial charge in [0.1, 0.15) is 11.4 Å². The molecule has 1 heterocycles. The third kappa shape index (κ3) is 5.19. The third-order valence-corrected chi connectivity index (χ3v) is 3.83. The van der Waals surface area contributed by atoms with Crippen molar-refractivity contribution in [2.75, 3.05) is 6.54 Å². The smallest absolute Gasteiger partial charge is 0.272 e. The van der Waals surface area contributed by atoms with E-state index < -0.39 is 5.41 Å². The molecule has 0 aliphatic heterocycles. The summed E-state index contributed by atoms with van der Waals surface area (Å²) in [4.78, 5) is 23.8. The van der Waals surface area contributed by atoms with Crippen molar-refractivity contribution in [1.29, 1.82) is 0 Å². The Balaban J connectivity index is 1.87. The van der Waals surface area contributed by atoms with E-state index in [1.807, 2.05) is 45.0 Å². The Labute approximate surface area is 149 Å². The summed E-state index contributed by atoms with van der Waals surface area (Å²) in [6, 6.07) is 9.01. The first kappa shape index (κ1) is 18.2. The van der Waals surface area contributed by atoms with Gasteiger partial charge in [-0.05, 0) is 30.3 Å². The van der Waals surface area contributed by atoms with E-state index in [0.717, 1.165) is 4.47 Å². The molecule has 0 saturated carbocycles. The number of hydrogen-bond donors (Lipinski definition) is 1. The van der Waals surface area contributed by atoms with Gasteiger partial charge in [-0.15, -0.1) is 0 Å². The number of benzene rings is 1. The normalized spacial score (nSPS) is 11.2. The van der Waals surface area contributed by atoms with Gasteiger partial charge in [-0.25, -0.2) is 4.68 Å². The van der Waals surface area contributed by atoms with Crippen LogP contribution < -0.4 is 10.1 Å². The predicted molar refractivity (Wildman–Crippen MR) is 93.8 cm³/mol. The van der Waals surface area contributed by atoms with E-state index in [-0.39, 0.29) is 30.7 Å². The number of ether oxygens (including phenoxy) is 1. The van der Waals surface area contributed by atoms with Crippen LogP contribution in [0.15, 0.2) is 41.0 Å². The zero-order valence-corrected chi connectivity index (χ0v) is 15.5. The zero-order valence-electron chi connectivity index (χ0n) is 13.9. The van der Waals surface area contributed by atoms with Crippen molar-refractivity contribution < 1.29 is 14.3 Å². The second-order valence-electron chi connectivity index (χ2n) is 6.32. The molecule has 0 aliphatic carbocycles. The number of carbonyl (C=O) groups is 2. The number of rotatable bonds is 6. The molecule has 0 saturated heterocycles. The Hall–Kier alpha value is -2.15. The fourth-order valence-corrected chi connectivity index (χ4v) is 2.01. The van der Waals surface area contributed by atoms with E-state index >= 15 is 0 Å². The van der Waals surface area contributed by atoms with Crippen LogP contribution >= 0.6 is 15.9 Å². The van der Waals surface area contributed by atoms with Gasteiger partial charge in [0.05, 0.1) is 6.54 Å². The largest absolute Gasteiger partial charge is 0.471 e. The Morgan fingerprint density at radius 1 is 1.21 bits per heavy atom. The topological polar surface area (TPSA) is 73.2 Å². The van der Waals surface area contributed by atoms with Gasteiger partial charge in [-0.3, -0.25) is 9.59 Å². The number of Topliss-reactive ketones (excluding diaryl/α,β-unsaturated/α-hetero) is 1. The van der Waals surface area contributed by atoms with Crippen molar-refractivity contribution in [1.82, 2.24) is 15.1 Å². The minimum atomic E-state index is -0.481. The van der Waals surface area contributed by atoms with Crippen molar-refractivity contribution in [3.05, 3.63) is 46.7 Å². The van der Waals surface area contributed by atoms with Crippen LogP contribution in [0.4, 0.5) is 0 Å². The zero-order chi connectivity index (χ0) is 17.7. The molecule has 0 spiro atoms. The lowest BCUT2D eigenvalue weighted by Crippen LogP contribution is -2.35. The molecule has 1 amide bonds. The molecule has 0 aliphatic rings. The van der Waals surface area contributed by atoms with E-state index in [1.54, 1.807) is 12.3 Å². The van der Waals surface area contributed by atoms with Gasteiger partial charge in [0, 0.05) is 16.1 Å². The van der Waals surface area contributed by atoms with Crippen LogP contribution in [-0.2, 0) is 11.5 Å². The van der Waals surface area contributed by atoms with Crippen LogP contribution in [0.3, 0.4) is 0 Å². The number of carbonyl (C=O) groups excluding carboxylic acids is 2. The van der Waals surface area contributed by atoms with Gasteiger partial charge in [0.25, 0.3) is 5.91 Å². The Morgan fingerprint density at radius 2 is 1.88 bits per heavy atom. The molecule has 128 valence electrons. The Kier molecular flexibility index (Phi) is 5.77. The van der Waals surface area contributed by atoms with Crippen LogP contribution in [0.1, 0.15) is 31.3 Å². The van der Waals surface area contributed by atoms with Crippen LogP contribution in [0.25, 0.3) is 0 Å². The predicted octanol–water partition coefficient (Wildman–Crippen LogP) is 3.03. The van der Waals surface area contributed by atoms with Crippen molar-refractivity contribution in [3.8, 4) is 5.75 Å². The van der Waals surface area contributed by atoms with Crippen molar-refractivity contribution in [2.45, 2.75) is 27.5 Å². The summed E-state index contributed by atoms with van der Waals surface area (Å²) in [5.74, 6) is 0.291. The molecule has 6 nitrogen and oxygen atoms in total. The van der Waals surface area contributed by atoms with Crippen molar-refractivity contribution in [3.63, 3.8) is 0 Å². The van der Waals surface area contributed by atoms with Gasteiger partial charge in [-0.2, -0.15) is 5.10 Å². The fourth-order valence-electron chi connectivity index (χ4n) is 1.74. The third-order valence-electron chi connectivity index (χ3n) is 3.30. The van der Waals surface area contributed by atoms with Gasteiger partial charge in [0.2, 0.25) is 0 Å². The molecule has 7 heteroatoms. The van der Waals surface area contributed by atoms with Gasteiger partial charge < -0.3 is 10.1 Å². The number of halogens is 1. The monoisotopic (exact) mass is 393 g/mol. The molecular weight excluding hydrogens is 374 g/mol. The number of hydrogen-bond acceptors (Lipinski definition) is 4. The highest BCUT2D eigenvalue weighted by atomic mass is 79.9. The molecule has 1 N–H and O–H groups in total. The van der Waals surface area contributed by atoms with E-state index in [0.29, 0.717) is 5.75 Å². The van der Waals surface area contributed by atoms with Crippen LogP contribution in [0.5, 0.6) is 5.75 Å². The van der Waals surface area contributed by atoms with Crippen molar-refractivity contribution >= 4 is 27.6 Å². The second kappa shape index (κ2) is 7.61. The van der Waals surface area contributed by atoms with Gasteiger partial charge in [-0.1, -0.05) is 36.7 Å². The first-order chi connectivity index (χ1) is 11.3. The Morgan fingerprint density at radius 3 is 2.50 bits per heavy atom. The van der Waals surface area contributed by atoms with Crippen LogP contribution in [0, 0.1) is 5.41 Å². The SMILES string of the molecule is CC(C)(C)C(=O)CNC(=O)c1ccn(COc2ccc(Br)cc2)n1. The summed E-state index contributed by atoms with van der Waals surface area (Å²) in [5.41, 5.74) is -0.235. The van der Waals surface area contributed by atoms with E-state index in [1.165, 1.54) is 4.68 Å². The molecule has 0 unspecified atom stereocenters. The number of nitrogens with one attached hydrogen (secondary N) is 1. The highest BCUT2D eigenvalue weighted by Crippen LogP contribution is 2.16. The molecule has 0 radical (unpaired) electrons. The average Bonchev–Trinajstić information content (AvgIpc) is 3.00. The van der Waals surface area contributed by atoms with Crippen LogP contribution in [0.2, 0.25) is 0 Å². The number of amides is 1. The standard InChI is InChI=1S/C17H20BrN3O3/c1-17(2,3)15(22)10-19-16(23)14-8-9-21(20-14)11-24-13-6-4-12(18)5-7-13/h4-9H,10-11H2,1-3H3,(H,19,23).